The normalized spacial score (nSPS) is 11.2. The predicted octanol–water partition coefficient (Wildman–Crippen LogP) is 3.34. The summed E-state index contributed by atoms with van der Waals surface area (Å²) in [7, 11) is 3.70. The van der Waals surface area contributed by atoms with Crippen molar-refractivity contribution < 1.29 is 9.21 Å². The van der Waals surface area contributed by atoms with Crippen LogP contribution in [-0.4, -0.2) is 24.8 Å². The number of furan rings is 1. The summed E-state index contributed by atoms with van der Waals surface area (Å²) in [5.74, 6) is 0.159. The molecule has 2 rings (SSSR count). The van der Waals surface area contributed by atoms with E-state index in [1.807, 2.05) is 14.1 Å². The van der Waals surface area contributed by atoms with Crippen molar-refractivity contribution in [2.75, 3.05) is 14.1 Å². The van der Waals surface area contributed by atoms with E-state index in [-0.39, 0.29) is 5.78 Å². The van der Waals surface area contributed by atoms with Gasteiger partial charge in [0.05, 0.1) is 0 Å². The van der Waals surface area contributed by atoms with Crippen LogP contribution in [0.25, 0.3) is 11.0 Å². The number of allylic oxidation sites excluding steroid dienone is 1. The topological polar surface area (TPSA) is 33.5 Å². The van der Waals surface area contributed by atoms with Crippen LogP contribution in [0.15, 0.2) is 41.0 Å². The lowest BCUT2D eigenvalue weighted by molar-refractivity contribution is 0.102. The highest BCUT2D eigenvalue weighted by Gasteiger charge is 2.09. The molecule has 0 radical (unpaired) electrons. The van der Waals surface area contributed by atoms with Crippen LogP contribution in [0.1, 0.15) is 10.6 Å². The van der Waals surface area contributed by atoms with Crippen LogP contribution in [0.3, 0.4) is 0 Å². The summed E-state index contributed by atoms with van der Waals surface area (Å²) in [4.78, 5) is 13.6. The van der Waals surface area contributed by atoms with Gasteiger partial charge in [0.1, 0.15) is 5.58 Å². The average Bonchev–Trinajstić information content (AvgIpc) is 2.68. The molecular formula is C13H12ClNO2. The van der Waals surface area contributed by atoms with Crippen LogP contribution in [0, 0.1) is 0 Å². The maximum Gasteiger partial charge on any atom is 0.222 e. The molecule has 0 aliphatic rings. The average molecular weight is 250 g/mol. The molecule has 17 heavy (non-hydrogen) atoms. The first-order valence-electron chi connectivity index (χ1n) is 5.14. The van der Waals surface area contributed by atoms with Crippen molar-refractivity contribution in [1.82, 2.24) is 4.90 Å². The molecule has 1 heterocycles. The van der Waals surface area contributed by atoms with E-state index in [9.17, 15) is 4.79 Å². The van der Waals surface area contributed by atoms with Gasteiger partial charge in [0, 0.05) is 36.8 Å². The Morgan fingerprint density at radius 3 is 2.82 bits per heavy atom. The highest BCUT2D eigenvalue weighted by Crippen LogP contribution is 2.23. The van der Waals surface area contributed by atoms with E-state index in [0.717, 1.165) is 5.39 Å². The summed E-state index contributed by atoms with van der Waals surface area (Å²) >= 11 is 5.86. The number of rotatable bonds is 3. The van der Waals surface area contributed by atoms with Gasteiger partial charge in [0.2, 0.25) is 5.78 Å². The molecule has 0 saturated carbocycles. The molecule has 88 valence electrons. The zero-order valence-corrected chi connectivity index (χ0v) is 10.4. The number of hydrogen-bond donors (Lipinski definition) is 0. The third-order valence-corrected chi connectivity index (χ3v) is 2.48. The molecule has 0 aliphatic carbocycles. The smallest absolute Gasteiger partial charge is 0.222 e. The SMILES string of the molecule is CN(C)/C=C/C(=O)c1cc2cc(Cl)ccc2o1. The zero-order valence-electron chi connectivity index (χ0n) is 9.61. The van der Waals surface area contributed by atoms with Gasteiger partial charge in [0.15, 0.2) is 5.76 Å². The monoisotopic (exact) mass is 249 g/mol. The highest BCUT2D eigenvalue weighted by atomic mass is 35.5. The number of halogens is 1. The van der Waals surface area contributed by atoms with Crippen molar-refractivity contribution in [2.24, 2.45) is 0 Å². The van der Waals surface area contributed by atoms with Gasteiger partial charge in [-0.25, -0.2) is 0 Å². The van der Waals surface area contributed by atoms with Crippen LogP contribution in [-0.2, 0) is 0 Å². The first kappa shape index (κ1) is 11.7. The summed E-state index contributed by atoms with van der Waals surface area (Å²) in [5, 5.41) is 1.46. The summed E-state index contributed by atoms with van der Waals surface area (Å²) in [6.07, 6.45) is 3.15. The van der Waals surface area contributed by atoms with Gasteiger partial charge in [-0.3, -0.25) is 4.79 Å². The number of hydrogen-bond acceptors (Lipinski definition) is 3. The molecule has 2 aromatic rings. The number of carbonyl (C=O) groups is 1. The van der Waals surface area contributed by atoms with E-state index < -0.39 is 0 Å². The molecular weight excluding hydrogens is 238 g/mol. The second kappa shape index (κ2) is 4.63. The Kier molecular flexibility index (Phi) is 3.20. The summed E-state index contributed by atoms with van der Waals surface area (Å²) in [6, 6.07) is 6.96. The molecule has 0 unspecified atom stereocenters. The Balaban J connectivity index is 2.33. The van der Waals surface area contributed by atoms with Crippen LogP contribution >= 0.6 is 11.6 Å². The zero-order chi connectivity index (χ0) is 12.4. The number of benzene rings is 1. The van der Waals surface area contributed by atoms with E-state index in [0.29, 0.717) is 16.4 Å². The van der Waals surface area contributed by atoms with E-state index in [1.165, 1.54) is 6.08 Å². The van der Waals surface area contributed by atoms with Crippen molar-refractivity contribution in [1.29, 1.82) is 0 Å². The molecule has 0 aliphatic heterocycles. The molecule has 0 atom stereocenters. The lowest BCUT2D eigenvalue weighted by Crippen LogP contribution is -2.02. The fraction of sp³-hybridized carbons (Fsp3) is 0.154. The molecule has 3 nitrogen and oxygen atoms in total. The standard InChI is InChI=1S/C13H12ClNO2/c1-15(2)6-5-11(16)13-8-9-7-10(14)3-4-12(9)17-13/h3-8H,1-2H3/b6-5+. The fourth-order valence-electron chi connectivity index (χ4n) is 1.43. The van der Waals surface area contributed by atoms with Crippen LogP contribution < -0.4 is 0 Å². The summed E-state index contributed by atoms with van der Waals surface area (Å²) < 4.78 is 5.44. The van der Waals surface area contributed by atoms with E-state index in [1.54, 1.807) is 35.4 Å². The van der Waals surface area contributed by atoms with Crippen molar-refractivity contribution in [3.8, 4) is 0 Å². The number of nitrogens with zero attached hydrogens (tertiary/aromatic N) is 1. The maximum atomic E-state index is 11.8. The van der Waals surface area contributed by atoms with E-state index >= 15 is 0 Å². The largest absolute Gasteiger partial charge is 0.453 e. The quantitative estimate of drug-likeness (QED) is 0.618. The molecule has 1 aromatic heterocycles. The Labute approximate surface area is 104 Å². The number of carbonyl (C=O) groups excluding carboxylic acids is 1. The fourth-order valence-corrected chi connectivity index (χ4v) is 1.62. The molecule has 0 N–H and O–H groups in total. The third kappa shape index (κ3) is 2.68. The molecule has 0 bridgehead atoms. The Bertz CT molecular complexity index is 584. The molecule has 0 amide bonds. The van der Waals surface area contributed by atoms with Gasteiger partial charge >= 0.3 is 0 Å². The minimum Gasteiger partial charge on any atom is -0.453 e. The van der Waals surface area contributed by atoms with Gasteiger partial charge in [-0.15, -0.1) is 0 Å². The van der Waals surface area contributed by atoms with Gasteiger partial charge in [-0.2, -0.15) is 0 Å². The van der Waals surface area contributed by atoms with E-state index in [4.69, 9.17) is 16.0 Å². The minimum atomic E-state index is -0.161. The number of fused-ring (bicyclic) bond motifs is 1. The summed E-state index contributed by atoms with van der Waals surface area (Å²) in [5.41, 5.74) is 0.663. The van der Waals surface area contributed by atoms with Crippen molar-refractivity contribution >= 4 is 28.4 Å². The number of ketones is 1. The summed E-state index contributed by atoms with van der Waals surface area (Å²) in [6.45, 7) is 0. The van der Waals surface area contributed by atoms with Gasteiger partial charge in [0.25, 0.3) is 0 Å². The lowest BCUT2D eigenvalue weighted by Gasteiger charge is -2.01. The second-order valence-corrected chi connectivity index (χ2v) is 4.37. The van der Waals surface area contributed by atoms with Crippen molar-refractivity contribution in [3.63, 3.8) is 0 Å². The van der Waals surface area contributed by atoms with Crippen LogP contribution in [0.2, 0.25) is 5.02 Å². The third-order valence-electron chi connectivity index (χ3n) is 2.25. The molecule has 0 fully saturated rings. The minimum absolute atomic E-state index is 0.161. The Morgan fingerprint density at radius 2 is 2.12 bits per heavy atom. The van der Waals surface area contributed by atoms with Crippen molar-refractivity contribution in [2.45, 2.75) is 0 Å². The second-order valence-electron chi connectivity index (χ2n) is 3.94. The molecule has 1 aromatic carbocycles. The Morgan fingerprint density at radius 1 is 1.35 bits per heavy atom. The first-order valence-corrected chi connectivity index (χ1v) is 5.52. The van der Waals surface area contributed by atoms with Gasteiger partial charge in [-0.1, -0.05) is 11.6 Å². The van der Waals surface area contributed by atoms with Gasteiger partial charge in [-0.05, 0) is 24.3 Å². The maximum absolute atomic E-state index is 11.8. The first-order chi connectivity index (χ1) is 8.06. The molecule has 4 heteroatoms. The lowest BCUT2D eigenvalue weighted by atomic mass is 10.2. The highest BCUT2D eigenvalue weighted by molar-refractivity contribution is 6.31. The predicted molar refractivity (Wildman–Crippen MR) is 68.4 cm³/mol. The van der Waals surface area contributed by atoms with Gasteiger partial charge < -0.3 is 9.32 Å². The van der Waals surface area contributed by atoms with Crippen LogP contribution in [0.5, 0.6) is 0 Å². The van der Waals surface area contributed by atoms with Crippen LogP contribution in [0.4, 0.5) is 0 Å². The Hall–Kier alpha value is -1.74. The molecule has 0 spiro atoms. The van der Waals surface area contributed by atoms with E-state index in [2.05, 4.69) is 0 Å². The molecule has 0 saturated heterocycles. The van der Waals surface area contributed by atoms with Crippen molar-refractivity contribution in [3.05, 3.63) is 47.3 Å².